The minimum Gasteiger partial charge on any atom is -0.494 e. The van der Waals surface area contributed by atoms with Crippen LogP contribution in [0.1, 0.15) is 12.5 Å². The van der Waals surface area contributed by atoms with E-state index >= 15 is 0 Å². The number of ether oxygens (including phenoxy) is 1. The summed E-state index contributed by atoms with van der Waals surface area (Å²) in [6, 6.07) is 4.47. The van der Waals surface area contributed by atoms with Gasteiger partial charge in [0.25, 0.3) is 0 Å². The van der Waals surface area contributed by atoms with E-state index in [4.69, 9.17) is 15.6 Å². The van der Waals surface area contributed by atoms with E-state index in [1.807, 2.05) is 25.1 Å². The van der Waals surface area contributed by atoms with Crippen LogP contribution in [0.3, 0.4) is 0 Å². The average Bonchev–Trinajstić information content (AvgIpc) is 3.39. The molecule has 4 rings (SSSR count). The van der Waals surface area contributed by atoms with Gasteiger partial charge in [-0.15, -0.1) is 0 Å². The van der Waals surface area contributed by atoms with Gasteiger partial charge in [-0.3, -0.25) is 4.79 Å². The molecule has 32 heavy (non-hydrogen) atoms. The number of carbonyl (C=O) groups is 1. The van der Waals surface area contributed by atoms with Gasteiger partial charge in [0.1, 0.15) is 17.8 Å². The highest BCUT2D eigenvalue weighted by Gasteiger charge is 2.30. The van der Waals surface area contributed by atoms with Gasteiger partial charge in [0, 0.05) is 31.3 Å². The number of halogens is 1. The predicted molar refractivity (Wildman–Crippen MR) is 120 cm³/mol. The maximum absolute atomic E-state index is 13.9. The van der Waals surface area contributed by atoms with E-state index in [1.165, 1.54) is 19.5 Å². The third-order valence-electron chi connectivity index (χ3n) is 5.49. The molecule has 1 aliphatic heterocycles. The molecule has 0 spiro atoms. The smallest absolute Gasteiger partial charge is 0.246 e. The number of aromatic nitrogens is 4. The second kappa shape index (κ2) is 8.91. The zero-order valence-corrected chi connectivity index (χ0v) is 18.3. The first-order valence-corrected chi connectivity index (χ1v) is 10.3. The molecule has 1 aliphatic rings. The molecule has 0 radical (unpaired) electrons. The number of likely N-dealkylation sites (N-methyl/N-ethyl adjacent to an activating group) is 1. The third-order valence-corrected chi connectivity index (χ3v) is 5.49. The molecule has 2 N–H and O–H groups in total. The number of carbonyl (C=O) groups excluding carboxylic acids is 1. The van der Waals surface area contributed by atoms with E-state index < -0.39 is 5.82 Å². The Balaban J connectivity index is 1.67. The molecule has 9 nitrogen and oxygen atoms in total. The maximum atomic E-state index is 13.9. The van der Waals surface area contributed by atoms with Gasteiger partial charge in [0.2, 0.25) is 5.91 Å². The number of methoxy groups -OCH3 is 1. The molecule has 3 heterocycles. The summed E-state index contributed by atoms with van der Waals surface area (Å²) in [7, 11) is 5.31. The van der Waals surface area contributed by atoms with Crippen LogP contribution < -0.4 is 10.5 Å². The first kappa shape index (κ1) is 21.7. The fourth-order valence-electron chi connectivity index (χ4n) is 3.87. The Morgan fingerprint density at radius 3 is 2.94 bits per heavy atom. The Kier molecular flexibility index (Phi) is 6.04. The standard InChI is InChI=1S/C22H26FN7O2/c1-28(2)9-4-5-18(31)29-10-8-15(12-29)30-22-19(21(24)25-13-26-22)20(27-30)14-6-7-16(23)17(11-14)32-3/h4-7,11,13,15H,8-10,12H2,1-3H3,(H2,24,25,26)/b5-4+. The normalized spacial score (nSPS) is 16.5. The first-order chi connectivity index (χ1) is 15.4. The zero-order valence-electron chi connectivity index (χ0n) is 18.3. The number of likely N-dealkylation sites (tertiary alicyclic amines) is 1. The number of nitrogens with two attached hydrogens (primary N) is 1. The summed E-state index contributed by atoms with van der Waals surface area (Å²) in [4.78, 5) is 24.9. The molecule has 0 bridgehead atoms. The number of anilines is 1. The van der Waals surface area contributed by atoms with Crippen molar-refractivity contribution in [2.45, 2.75) is 12.5 Å². The number of benzene rings is 1. The topological polar surface area (TPSA) is 102 Å². The summed E-state index contributed by atoms with van der Waals surface area (Å²) in [5, 5.41) is 5.37. The Hall–Kier alpha value is -3.53. The van der Waals surface area contributed by atoms with E-state index in [0.717, 1.165) is 6.42 Å². The Bertz CT molecular complexity index is 1170. The SMILES string of the molecule is COc1cc(-c2nn(C3CCN(C(=O)/C=C/CN(C)C)C3)c3ncnc(N)c23)ccc1F. The molecule has 2 aromatic heterocycles. The second-order valence-corrected chi connectivity index (χ2v) is 7.99. The summed E-state index contributed by atoms with van der Waals surface area (Å²) < 4.78 is 20.9. The number of hydrogen-bond acceptors (Lipinski definition) is 7. The number of amides is 1. The largest absolute Gasteiger partial charge is 0.494 e. The number of hydrogen-bond donors (Lipinski definition) is 1. The van der Waals surface area contributed by atoms with Crippen LogP contribution in [-0.4, -0.2) is 76.3 Å². The molecule has 0 aliphatic carbocycles. The molecule has 3 aromatic rings. The van der Waals surface area contributed by atoms with Crippen molar-refractivity contribution in [3.05, 3.63) is 42.5 Å². The minimum atomic E-state index is -0.462. The highest BCUT2D eigenvalue weighted by Crippen LogP contribution is 2.35. The van der Waals surface area contributed by atoms with Crippen molar-refractivity contribution < 1.29 is 13.9 Å². The highest BCUT2D eigenvalue weighted by atomic mass is 19.1. The molecule has 1 amide bonds. The van der Waals surface area contributed by atoms with Gasteiger partial charge in [-0.2, -0.15) is 5.10 Å². The predicted octanol–water partition coefficient (Wildman–Crippen LogP) is 2.11. The monoisotopic (exact) mass is 439 g/mol. The third kappa shape index (κ3) is 4.13. The van der Waals surface area contributed by atoms with Crippen LogP contribution in [0.5, 0.6) is 5.75 Å². The van der Waals surface area contributed by atoms with Crippen molar-refractivity contribution in [1.29, 1.82) is 0 Å². The van der Waals surface area contributed by atoms with Crippen molar-refractivity contribution in [3.8, 4) is 17.0 Å². The molecular weight excluding hydrogens is 413 g/mol. The number of nitrogens with zero attached hydrogens (tertiary/aromatic N) is 6. The van der Waals surface area contributed by atoms with Gasteiger partial charge in [0.15, 0.2) is 17.2 Å². The first-order valence-electron chi connectivity index (χ1n) is 10.3. The van der Waals surface area contributed by atoms with E-state index in [9.17, 15) is 9.18 Å². The van der Waals surface area contributed by atoms with E-state index in [2.05, 4.69) is 9.97 Å². The molecular formula is C22H26FN7O2. The molecule has 0 saturated carbocycles. The summed E-state index contributed by atoms with van der Waals surface area (Å²) >= 11 is 0. The van der Waals surface area contributed by atoms with Crippen LogP contribution in [-0.2, 0) is 4.79 Å². The number of rotatable bonds is 6. The van der Waals surface area contributed by atoms with Crippen LogP contribution >= 0.6 is 0 Å². The minimum absolute atomic E-state index is 0.0246. The van der Waals surface area contributed by atoms with Gasteiger partial charge >= 0.3 is 0 Å². The maximum Gasteiger partial charge on any atom is 0.246 e. The van der Waals surface area contributed by atoms with Gasteiger partial charge < -0.3 is 20.3 Å². The van der Waals surface area contributed by atoms with Crippen molar-refractivity contribution in [2.75, 3.05) is 46.6 Å². The van der Waals surface area contributed by atoms with Crippen molar-refractivity contribution in [3.63, 3.8) is 0 Å². The lowest BCUT2D eigenvalue weighted by Crippen LogP contribution is -2.28. The average molecular weight is 439 g/mol. The van der Waals surface area contributed by atoms with Gasteiger partial charge in [-0.25, -0.2) is 19.0 Å². The quantitative estimate of drug-likeness (QED) is 0.587. The van der Waals surface area contributed by atoms with Gasteiger partial charge in [-0.05, 0) is 38.7 Å². The van der Waals surface area contributed by atoms with Crippen molar-refractivity contribution in [1.82, 2.24) is 29.5 Å². The van der Waals surface area contributed by atoms with Gasteiger partial charge in [0.05, 0.1) is 18.5 Å². The van der Waals surface area contributed by atoms with Crippen molar-refractivity contribution >= 4 is 22.8 Å². The van der Waals surface area contributed by atoms with Crippen LogP contribution in [0.25, 0.3) is 22.3 Å². The second-order valence-electron chi connectivity index (χ2n) is 7.99. The number of fused-ring (bicyclic) bond motifs is 1. The van der Waals surface area contributed by atoms with E-state index in [0.29, 0.717) is 41.9 Å². The summed E-state index contributed by atoms with van der Waals surface area (Å²) in [6.45, 7) is 1.84. The van der Waals surface area contributed by atoms with Crippen molar-refractivity contribution in [2.24, 2.45) is 0 Å². The summed E-state index contributed by atoms with van der Waals surface area (Å²) in [6.07, 6.45) is 5.60. The molecule has 1 aromatic carbocycles. The van der Waals surface area contributed by atoms with Crippen LogP contribution in [0.4, 0.5) is 10.2 Å². The zero-order chi connectivity index (χ0) is 22.8. The lowest BCUT2D eigenvalue weighted by atomic mass is 10.1. The Morgan fingerprint density at radius 2 is 2.19 bits per heavy atom. The summed E-state index contributed by atoms with van der Waals surface area (Å²) in [5.41, 5.74) is 7.95. The molecule has 168 valence electrons. The molecule has 1 unspecified atom stereocenters. The molecule has 1 atom stereocenters. The fourth-order valence-corrected chi connectivity index (χ4v) is 3.87. The fraction of sp³-hybridized carbons (Fsp3) is 0.364. The molecule has 1 saturated heterocycles. The molecule has 1 fully saturated rings. The van der Waals surface area contributed by atoms with Gasteiger partial charge in [-0.1, -0.05) is 6.08 Å². The van der Waals surface area contributed by atoms with Crippen LogP contribution in [0, 0.1) is 5.82 Å². The molecule has 10 heteroatoms. The Morgan fingerprint density at radius 1 is 1.38 bits per heavy atom. The summed E-state index contributed by atoms with van der Waals surface area (Å²) in [5.74, 6) is -0.0835. The van der Waals surface area contributed by atoms with Crippen LogP contribution in [0.2, 0.25) is 0 Å². The lowest BCUT2D eigenvalue weighted by molar-refractivity contribution is -0.125. The lowest BCUT2D eigenvalue weighted by Gasteiger charge is -2.15. The number of nitrogen functional groups attached to an aromatic ring is 1. The Labute approximate surface area is 185 Å². The van der Waals surface area contributed by atoms with Crippen LogP contribution in [0.15, 0.2) is 36.7 Å². The van der Waals surface area contributed by atoms with E-state index in [-0.39, 0.29) is 23.5 Å². The van der Waals surface area contributed by atoms with E-state index in [1.54, 1.807) is 27.8 Å². The highest BCUT2D eigenvalue weighted by molar-refractivity contribution is 5.98.